The van der Waals surface area contributed by atoms with Gasteiger partial charge in [-0.05, 0) is 41.5 Å². The highest BCUT2D eigenvalue weighted by Crippen LogP contribution is 2.33. The lowest BCUT2D eigenvalue weighted by Gasteiger charge is -2.10. The normalized spacial score (nSPS) is 11.4. The third kappa shape index (κ3) is 2.81. The average molecular weight is 268 g/mol. The van der Waals surface area contributed by atoms with Gasteiger partial charge in [0.1, 0.15) is 5.82 Å². The molecule has 0 aliphatic rings. The Balaban J connectivity index is 2.59. The fourth-order valence-corrected chi connectivity index (χ4v) is 1.74. The number of carbonyl (C=O) groups is 1. The molecule has 19 heavy (non-hydrogen) atoms. The van der Waals surface area contributed by atoms with Gasteiger partial charge in [-0.3, -0.25) is 4.79 Å². The Bertz CT molecular complexity index is 617. The topological polar surface area (TPSA) is 17.1 Å². The molecule has 0 fully saturated rings. The molecule has 0 saturated heterocycles. The molecule has 0 radical (unpaired) electrons. The van der Waals surface area contributed by atoms with Crippen molar-refractivity contribution in [2.45, 2.75) is 6.18 Å². The molecule has 1 nitrogen and oxygen atoms in total. The van der Waals surface area contributed by atoms with Crippen LogP contribution in [0.4, 0.5) is 17.6 Å². The average Bonchev–Trinajstić information content (AvgIpc) is 2.38. The molecule has 0 saturated carbocycles. The predicted molar refractivity (Wildman–Crippen MR) is 62.2 cm³/mol. The third-order valence-corrected chi connectivity index (χ3v) is 2.64. The van der Waals surface area contributed by atoms with Crippen LogP contribution < -0.4 is 0 Å². The van der Waals surface area contributed by atoms with Crippen LogP contribution >= 0.6 is 0 Å². The summed E-state index contributed by atoms with van der Waals surface area (Å²) in [6.07, 6.45) is -4.00. The summed E-state index contributed by atoms with van der Waals surface area (Å²) in [5.41, 5.74) is -0.413. The van der Waals surface area contributed by atoms with Crippen molar-refractivity contribution in [1.29, 1.82) is 0 Å². The standard InChI is InChI=1S/C14H8F4O/c15-12-5-4-10(8-19)13(7-12)9-2-1-3-11(6-9)14(16,17)18/h1-8H. The van der Waals surface area contributed by atoms with Gasteiger partial charge in [0, 0.05) is 5.56 Å². The number of rotatable bonds is 2. The zero-order valence-corrected chi connectivity index (χ0v) is 9.54. The van der Waals surface area contributed by atoms with Crippen molar-refractivity contribution in [3.63, 3.8) is 0 Å². The van der Waals surface area contributed by atoms with Gasteiger partial charge in [0.2, 0.25) is 0 Å². The van der Waals surface area contributed by atoms with Gasteiger partial charge < -0.3 is 0 Å². The van der Waals surface area contributed by atoms with Crippen LogP contribution in [0.2, 0.25) is 0 Å². The highest BCUT2D eigenvalue weighted by atomic mass is 19.4. The van der Waals surface area contributed by atoms with Gasteiger partial charge in [-0.25, -0.2) is 4.39 Å². The maximum atomic E-state index is 13.2. The van der Waals surface area contributed by atoms with Crippen molar-refractivity contribution in [1.82, 2.24) is 0 Å². The van der Waals surface area contributed by atoms with Crippen LogP contribution in [0.15, 0.2) is 42.5 Å². The van der Waals surface area contributed by atoms with E-state index in [1.54, 1.807) is 0 Å². The first kappa shape index (κ1) is 13.3. The zero-order valence-electron chi connectivity index (χ0n) is 9.54. The Morgan fingerprint density at radius 1 is 1.00 bits per heavy atom. The van der Waals surface area contributed by atoms with Crippen molar-refractivity contribution in [3.8, 4) is 11.1 Å². The third-order valence-electron chi connectivity index (χ3n) is 2.64. The second kappa shape index (κ2) is 4.84. The number of hydrogen-bond acceptors (Lipinski definition) is 1. The van der Waals surface area contributed by atoms with E-state index in [9.17, 15) is 22.4 Å². The lowest BCUT2D eigenvalue weighted by Crippen LogP contribution is -2.04. The van der Waals surface area contributed by atoms with Gasteiger partial charge in [-0.2, -0.15) is 13.2 Å². The predicted octanol–water partition coefficient (Wildman–Crippen LogP) is 4.32. The molecule has 0 heterocycles. The first-order valence-electron chi connectivity index (χ1n) is 5.34. The quantitative estimate of drug-likeness (QED) is 0.585. The molecule has 98 valence electrons. The first-order valence-corrected chi connectivity index (χ1v) is 5.34. The maximum Gasteiger partial charge on any atom is 0.416 e. The highest BCUT2D eigenvalue weighted by molar-refractivity contribution is 5.87. The Kier molecular flexibility index (Phi) is 3.38. The van der Waals surface area contributed by atoms with E-state index in [1.807, 2.05) is 0 Å². The summed E-state index contributed by atoms with van der Waals surface area (Å²) in [6, 6.07) is 7.79. The van der Waals surface area contributed by atoms with Crippen molar-refractivity contribution < 1.29 is 22.4 Å². The molecule has 0 aliphatic heterocycles. The van der Waals surface area contributed by atoms with Gasteiger partial charge in [0.15, 0.2) is 6.29 Å². The van der Waals surface area contributed by atoms with Gasteiger partial charge in [-0.15, -0.1) is 0 Å². The Hall–Kier alpha value is -2.17. The van der Waals surface area contributed by atoms with Crippen LogP contribution in [-0.2, 0) is 6.18 Å². The summed E-state index contributed by atoms with van der Waals surface area (Å²) < 4.78 is 51.0. The molecule has 2 aromatic rings. The van der Waals surface area contributed by atoms with Crippen LogP contribution in [0.25, 0.3) is 11.1 Å². The van der Waals surface area contributed by atoms with Crippen molar-refractivity contribution in [2.24, 2.45) is 0 Å². The van der Waals surface area contributed by atoms with Gasteiger partial charge >= 0.3 is 6.18 Å². The van der Waals surface area contributed by atoms with Crippen molar-refractivity contribution >= 4 is 6.29 Å². The van der Waals surface area contributed by atoms with E-state index in [1.165, 1.54) is 18.2 Å². The van der Waals surface area contributed by atoms with Crippen molar-refractivity contribution in [3.05, 3.63) is 59.4 Å². The fraction of sp³-hybridized carbons (Fsp3) is 0.0714. The SMILES string of the molecule is O=Cc1ccc(F)cc1-c1cccc(C(F)(F)F)c1. The lowest BCUT2D eigenvalue weighted by atomic mass is 9.98. The Morgan fingerprint density at radius 3 is 2.37 bits per heavy atom. The minimum atomic E-state index is -4.48. The van der Waals surface area contributed by atoms with E-state index in [-0.39, 0.29) is 16.7 Å². The molecule has 0 amide bonds. The first-order chi connectivity index (χ1) is 8.91. The van der Waals surface area contributed by atoms with Crippen molar-refractivity contribution in [2.75, 3.05) is 0 Å². The van der Waals surface area contributed by atoms with E-state index in [0.29, 0.717) is 6.29 Å². The number of benzene rings is 2. The summed E-state index contributed by atoms with van der Waals surface area (Å²) in [5.74, 6) is -0.613. The number of aldehydes is 1. The van der Waals surface area contributed by atoms with E-state index in [0.717, 1.165) is 24.3 Å². The fourth-order valence-electron chi connectivity index (χ4n) is 1.74. The van der Waals surface area contributed by atoms with Crippen LogP contribution in [0.1, 0.15) is 15.9 Å². The molecular weight excluding hydrogens is 260 g/mol. The van der Waals surface area contributed by atoms with Crippen LogP contribution in [0.3, 0.4) is 0 Å². The van der Waals surface area contributed by atoms with Gasteiger partial charge in [0.25, 0.3) is 0 Å². The smallest absolute Gasteiger partial charge is 0.298 e. The monoisotopic (exact) mass is 268 g/mol. The van der Waals surface area contributed by atoms with Crippen LogP contribution in [0, 0.1) is 5.82 Å². The minimum absolute atomic E-state index is 0.140. The second-order valence-corrected chi connectivity index (χ2v) is 3.93. The molecule has 5 heteroatoms. The number of alkyl halides is 3. The van der Waals surface area contributed by atoms with Gasteiger partial charge in [0.05, 0.1) is 5.56 Å². The maximum absolute atomic E-state index is 13.2. The van der Waals surface area contributed by atoms with E-state index in [4.69, 9.17) is 0 Å². The molecule has 2 aromatic carbocycles. The molecular formula is C14H8F4O. The number of hydrogen-bond donors (Lipinski definition) is 0. The van der Waals surface area contributed by atoms with Gasteiger partial charge in [-0.1, -0.05) is 12.1 Å². The zero-order chi connectivity index (χ0) is 14.0. The Labute approximate surface area is 106 Å². The molecule has 0 atom stereocenters. The molecule has 0 N–H and O–H groups in total. The molecule has 0 unspecified atom stereocenters. The highest BCUT2D eigenvalue weighted by Gasteiger charge is 2.30. The van der Waals surface area contributed by atoms with Crippen LogP contribution in [-0.4, -0.2) is 6.29 Å². The molecule has 2 rings (SSSR count). The number of carbonyl (C=O) groups excluding carboxylic acids is 1. The van der Waals surface area contributed by atoms with Crippen LogP contribution in [0.5, 0.6) is 0 Å². The largest absolute Gasteiger partial charge is 0.416 e. The lowest BCUT2D eigenvalue weighted by molar-refractivity contribution is -0.137. The number of halogens is 4. The summed E-state index contributed by atoms with van der Waals surface area (Å²) in [6.45, 7) is 0. The minimum Gasteiger partial charge on any atom is -0.298 e. The summed E-state index contributed by atoms with van der Waals surface area (Å²) in [7, 11) is 0. The van der Waals surface area contributed by atoms with E-state index >= 15 is 0 Å². The summed E-state index contributed by atoms with van der Waals surface area (Å²) in [5, 5.41) is 0. The molecule has 0 spiro atoms. The Morgan fingerprint density at radius 2 is 1.74 bits per heavy atom. The molecule has 0 aliphatic carbocycles. The second-order valence-electron chi connectivity index (χ2n) is 3.93. The molecule has 0 aromatic heterocycles. The summed E-state index contributed by atoms with van der Waals surface area (Å²) in [4.78, 5) is 10.8. The van der Waals surface area contributed by atoms with E-state index in [2.05, 4.69) is 0 Å². The van der Waals surface area contributed by atoms with E-state index < -0.39 is 17.6 Å². The molecule has 0 bridgehead atoms. The summed E-state index contributed by atoms with van der Waals surface area (Å²) >= 11 is 0.